The third-order valence-electron chi connectivity index (χ3n) is 2.38. The van der Waals surface area contributed by atoms with E-state index in [0.29, 0.717) is 16.8 Å². The SMILES string of the molecule is CSc1nnc(-c2ncnc3ccc(Br)cc23)o1. The topological polar surface area (TPSA) is 64.7 Å². The van der Waals surface area contributed by atoms with Crippen molar-refractivity contribution in [1.82, 2.24) is 20.2 Å². The Hall–Kier alpha value is -1.47. The molecule has 2 heterocycles. The fourth-order valence-corrected chi connectivity index (χ4v) is 2.23. The molecular formula is C11H7BrN4OS. The number of aromatic nitrogens is 4. The van der Waals surface area contributed by atoms with Crippen LogP contribution in [0.5, 0.6) is 0 Å². The summed E-state index contributed by atoms with van der Waals surface area (Å²) < 4.78 is 6.46. The zero-order valence-corrected chi connectivity index (χ0v) is 11.7. The molecule has 5 nitrogen and oxygen atoms in total. The highest BCUT2D eigenvalue weighted by Gasteiger charge is 2.13. The van der Waals surface area contributed by atoms with E-state index in [9.17, 15) is 0 Å². The van der Waals surface area contributed by atoms with Crippen molar-refractivity contribution in [2.75, 3.05) is 6.26 Å². The molecule has 2 aromatic heterocycles. The molecule has 0 N–H and O–H groups in total. The number of nitrogens with zero attached hydrogens (tertiary/aromatic N) is 4. The van der Waals surface area contributed by atoms with E-state index in [4.69, 9.17) is 4.42 Å². The number of hydrogen-bond acceptors (Lipinski definition) is 6. The summed E-state index contributed by atoms with van der Waals surface area (Å²) in [5.74, 6) is 0.407. The van der Waals surface area contributed by atoms with E-state index in [1.54, 1.807) is 0 Å². The zero-order chi connectivity index (χ0) is 12.5. The minimum absolute atomic E-state index is 0.407. The molecule has 3 aromatic rings. The first kappa shape index (κ1) is 11.6. The normalized spacial score (nSPS) is 11.0. The molecule has 1 aromatic carbocycles. The molecule has 0 amide bonds. The van der Waals surface area contributed by atoms with Gasteiger partial charge in [-0.1, -0.05) is 27.7 Å². The third kappa shape index (κ3) is 1.99. The molecule has 0 aliphatic rings. The largest absolute Gasteiger partial charge is 0.410 e. The van der Waals surface area contributed by atoms with Gasteiger partial charge in [0.05, 0.1) is 5.52 Å². The average Bonchev–Trinajstić information content (AvgIpc) is 2.86. The van der Waals surface area contributed by atoms with Gasteiger partial charge in [0.25, 0.3) is 11.1 Å². The van der Waals surface area contributed by atoms with Crippen molar-refractivity contribution in [3.63, 3.8) is 0 Å². The van der Waals surface area contributed by atoms with Gasteiger partial charge >= 0.3 is 0 Å². The Kier molecular flexibility index (Phi) is 3.00. The Morgan fingerprint density at radius 3 is 2.89 bits per heavy atom. The van der Waals surface area contributed by atoms with Crippen LogP contribution in [0.4, 0.5) is 0 Å². The lowest BCUT2D eigenvalue weighted by Gasteiger charge is -2.01. The second-order valence-electron chi connectivity index (χ2n) is 3.46. The van der Waals surface area contributed by atoms with E-state index in [0.717, 1.165) is 15.4 Å². The molecule has 0 aliphatic carbocycles. The van der Waals surface area contributed by atoms with Crippen LogP contribution in [-0.2, 0) is 0 Å². The highest BCUT2D eigenvalue weighted by Crippen LogP contribution is 2.28. The summed E-state index contributed by atoms with van der Waals surface area (Å²) in [6.07, 6.45) is 3.38. The molecule has 3 rings (SSSR count). The molecule has 0 spiro atoms. The van der Waals surface area contributed by atoms with Crippen LogP contribution in [-0.4, -0.2) is 26.4 Å². The average molecular weight is 323 g/mol. The minimum Gasteiger partial charge on any atom is -0.410 e. The van der Waals surface area contributed by atoms with Crippen LogP contribution < -0.4 is 0 Å². The number of hydrogen-bond donors (Lipinski definition) is 0. The molecule has 0 radical (unpaired) electrons. The molecule has 18 heavy (non-hydrogen) atoms. The molecule has 90 valence electrons. The second kappa shape index (κ2) is 4.66. The molecule has 0 saturated heterocycles. The summed E-state index contributed by atoms with van der Waals surface area (Å²) in [6.45, 7) is 0. The van der Waals surface area contributed by atoms with Gasteiger partial charge in [0, 0.05) is 9.86 Å². The van der Waals surface area contributed by atoms with Crippen LogP contribution >= 0.6 is 27.7 Å². The van der Waals surface area contributed by atoms with Crippen LogP contribution in [0, 0.1) is 0 Å². The maximum Gasteiger partial charge on any atom is 0.276 e. The maximum atomic E-state index is 5.50. The Morgan fingerprint density at radius 1 is 1.22 bits per heavy atom. The van der Waals surface area contributed by atoms with Crippen LogP contribution in [0.1, 0.15) is 0 Å². The summed E-state index contributed by atoms with van der Waals surface area (Å²) in [5.41, 5.74) is 1.49. The molecule has 0 aliphatic heterocycles. The van der Waals surface area contributed by atoms with E-state index in [2.05, 4.69) is 36.1 Å². The molecule has 0 fully saturated rings. The number of thioether (sulfide) groups is 1. The van der Waals surface area contributed by atoms with Crippen LogP contribution in [0.3, 0.4) is 0 Å². The maximum absolute atomic E-state index is 5.50. The van der Waals surface area contributed by atoms with Crippen molar-refractivity contribution in [3.05, 3.63) is 29.0 Å². The van der Waals surface area contributed by atoms with Crippen molar-refractivity contribution in [2.45, 2.75) is 5.22 Å². The quantitative estimate of drug-likeness (QED) is 0.675. The second-order valence-corrected chi connectivity index (χ2v) is 5.13. The van der Waals surface area contributed by atoms with Gasteiger partial charge in [-0.05, 0) is 24.5 Å². The predicted molar refractivity (Wildman–Crippen MR) is 72.3 cm³/mol. The summed E-state index contributed by atoms with van der Waals surface area (Å²) >= 11 is 4.83. The van der Waals surface area contributed by atoms with E-state index < -0.39 is 0 Å². The van der Waals surface area contributed by atoms with Crippen LogP contribution in [0.25, 0.3) is 22.5 Å². The molecule has 0 atom stereocenters. The van der Waals surface area contributed by atoms with E-state index in [-0.39, 0.29) is 0 Å². The smallest absolute Gasteiger partial charge is 0.276 e. The van der Waals surface area contributed by atoms with Gasteiger partial charge in [-0.15, -0.1) is 10.2 Å². The van der Waals surface area contributed by atoms with Gasteiger partial charge in [0.2, 0.25) is 0 Å². The fraction of sp³-hybridized carbons (Fsp3) is 0.0909. The van der Waals surface area contributed by atoms with Crippen molar-refractivity contribution < 1.29 is 4.42 Å². The molecule has 7 heteroatoms. The van der Waals surface area contributed by atoms with Crippen LogP contribution in [0.15, 0.2) is 38.6 Å². The van der Waals surface area contributed by atoms with Gasteiger partial charge in [-0.25, -0.2) is 9.97 Å². The van der Waals surface area contributed by atoms with Crippen molar-refractivity contribution in [1.29, 1.82) is 0 Å². The monoisotopic (exact) mass is 322 g/mol. The standard InChI is InChI=1S/C11H7BrN4OS/c1-18-11-16-15-10(17-11)9-7-4-6(12)2-3-8(7)13-5-14-9/h2-5H,1H3. The summed E-state index contributed by atoms with van der Waals surface area (Å²) in [4.78, 5) is 8.44. The van der Waals surface area contributed by atoms with Crippen molar-refractivity contribution in [2.24, 2.45) is 0 Å². The fourth-order valence-electron chi connectivity index (χ4n) is 1.59. The summed E-state index contributed by atoms with van der Waals surface area (Å²) in [7, 11) is 0. The van der Waals surface area contributed by atoms with E-state index in [1.807, 2.05) is 24.5 Å². The first-order chi connectivity index (χ1) is 8.78. The molecular weight excluding hydrogens is 316 g/mol. The third-order valence-corrected chi connectivity index (χ3v) is 3.39. The Balaban J connectivity index is 2.24. The predicted octanol–water partition coefficient (Wildman–Crippen LogP) is 3.16. The Labute approximate surface area is 115 Å². The Morgan fingerprint density at radius 2 is 2.11 bits per heavy atom. The number of benzene rings is 1. The molecule has 0 saturated carbocycles. The van der Waals surface area contributed by atoms with Gasteiger partial charge in [-0.3, -0.25) is 0 Å². The van der Waals surface area contributed by atoms with Crippen molar-refractivity contribution in [3.8, 4) is 11.6 Å². The van der Waals surface area contributed by atoms with Crippen molar-refractivity contribution >= 4 is 38.6 Å². The van der Waals surface area contributed by atoms with Gasteiger partial charge in [-0.2, -0.15) is 0 Å². The highest BCUT2D eigenvalue weighted by molar-refractivity contribution is 9.10. The van der Waals surface area contributed by atoms with Gasteiger partial charge < -0.3 is 4.42 Å². The molecule has 0 unspecified atom stereocenters. The first-order valence-electron chi connectivity index (χ1n) is 5.06. The lowest BCUT2D eigenvalue weighted by atomic mass is 10.2. The number of fused-ring (bicyclic) bond motifs is 1. The molecule has 0 bridgehead atoms. The summed E-state index contributed by atoms with van der Waals surface area (Å²) in [6, 6.07) is 5.78. The first-order valence-corrected chi connectivity index (χ1v) is 7.08. The van der Waals surface area contributed by atoms with Gasteiger partial charge in [0.15, 0.2) is 0 Å². The number of halogens is 1. The zero-order valence-electron chi connectivity index (χ0n) is 9.29. The van der Waals surface area contributed by atoms with E-state index >= 15 is 0 Å². The lowest BCUT2D eigenvalue weighted by Crippen LogP contribution is -1.89. The van der Waals surface area contributed by atoms with E-state index in [1.165, 1.54) is 18.1 Å². The number of rotatable bonds is 2. The Bertz CT molecular complexity index is 715. The van der Waals surface area contributed by atoms with Crippen LogP contribution in [0.2, 0.25) is 0 Å². The highest BCUT2D eigenvalue weighted by atomic mass is 79.9. The van der Waals surface area contributed by atoms with Gasteiger partial charge in [0.1, 0.15) is 12.0 Å². The summed E-state index contributed by atoms with van der Waals surface area (Å²) in [5, 5.41) is 9.31. The lowest BCUT2D eigenvalue weighted by molar-refractivity contribution is 0.465. The minimum atomic E-state index is 0.407.